The molecule has 0 radical (unpaired) electrons. The van der Waals surface area contributed by atoms with Crippen molar-refractivity contribution in [2.24, 2.45) is 5.92 Å². The third-order valence-electron chi connectivity index (χ3n) is 6.08. The molecule has 2 aliphatic carbocycles. The number of carbonyl (C=O) groups excluding carboxylic acids is 2. The second-order valence-electron chi connectivity index (χ2n) is 7.91. The van der Waals surface area contributed by atoms with E-state index in [1.54, 1.807) is 0 Å². The van der Waals surface area contributed by atoms with Crippen LogP contribution >= 0.6 is 11.6 Å². The molecular formula is C22H24ClNO3. The van der Waals surface area contributed by atoms with Gasteiger partial charge >= 0.3 is 5.97 Å². The lowest BCUT2D eigenvalue weighted by molar-refractivity contribution is 0.0219. The Morgan fingerprint density at radius 3 is 2.59 bits per heavy atom. The Bertz CT molecular complexity index is 884. The van der Waals surface area contributed by atoms with Gasteiger partial charge in [0.05, 0.1) is 0 Å². The van der Waals surface area contributed by atoms with Crippen molar-refractivity contribution in [3.63, 3.8) is 0 Å². The number of benzene rings is 1. The van der Waals surface area contributed by atoms with Crippen LogP contribution in [0.1, 0.15) is 76.2 Å². The lowest BCUT2D eigenvalue weighted by Gasteiger charge is -2.22. The molecule has 1 saturated carbocycles. The van der Waals surface area contributed by atoms with E-state index < -0.39 is 0 Å². The number of nitrogens with one attached hydrogen (secondary N) is 1. The first-order valence-electron chi connectivity index (χ1n) is 9.65. The zero-order valence-corrected chi connectivity index (χ0v) is 16.4. The number of ketones is 1. The SMILES string of the molecule is Cc1c(C(=O)OC2CCCC2C)[nH]c2c1C(=O)CC(c1ccc(Cl)cc1)C2. The second kappa shape index (κ2) is 7.16. The van der Waals surface area contributed by atoms with Crippen molar-refractivity contribution < 1.29 is 14.3 Å². The van der Waals surface area contributed by atoms with E-state index in [1.807, 2.05) is 31.2 Å². The van der Waals surface area contributed by atoms with E-state index in [1.165, 1.54) is 0 Å². The molecule has 0 saturated heterocycles. The minimum Gasteiger partial charge on any atom is -0.457 e. The van der Waals surface area contributed by atoms with Gasteiger partial charge in [0.1, 0.15) is 11.8 Å². The smallest absolute Gasteiger partial charge is 0.355 e. The molecule has 4 nitrogen and oxygen atoms in total. The maximum Gasteiger partial charge on any atom is 0.355 e. The fourth-order valence-electron chi connectivity index (χ4n) is 4.49. The van der Waals surface area contributed by atoms with Crippen molar-refractivity contribution in [2.45, 2.75) is 58.0 Å². The Morgan fingerprint density at radius 2 is 1.93 bits per heavy atom. The molecule has 2 aromatic rings. The molecule has 1 aromatic heterocycles. The van der Waals surface area contributed by atoms with Gasteiger partial charge < -0.3 is 9.72 Å². The largest absolute Gasteiger partial charge is 0.457 e. The number of rotatable bonds is 3. The maximum atomic E-state index is 12.8. The average Bonchev–Trinajstić information content (AvgIpc) is 3.19. The molecule has 5 heteroatoms. The highest BCUT2D eigenvalue weighted by atomic mass is 35.5. The Morgan fingerprint density at radius 1 is 1.19 bits per heavy atom. The number of ether oxygens (including phenoxy) is 1. The highest BCUT2D eigenvalue weighted by Crippen LogP contribution is 2.36. The van der Waals surface area contributed by atoms with Crippen LogP contribution in [0.3, 0.4) is 0 Å². The molecule has 3 atom stereocenters. The molecule has 0 spiro atoms. The highest BCUT2D eigenvalue weighted by Gasteiger charge is 2.34. The molecule has 0 aliphatic heterocycles. The van der Waals surface area contributed by atoms with Gasteiger partial charge in [0.2, 0.25) is 0 Å². The number of H-pyrrole nitrogens is 1. The zero-order valence-electron chi connectivity index (χ0n) is 15.7. The topological polar surface area (TPSA) is 59.2 Å². The van der Waals surface area contributed by atoms with Crippen molar-refractivity contribution in [3.05, 3.63) is 57.4 Å². The lowest BCUT2D eigenvalue weighted by Crippen LogP contribution is -2.21. The molecule has 0 amide bonds. The van der Waals surface area contributed by atoms with Gasteiger partial charge in [-0.3, -0.25) is 4.79 Å². The molecule has 1 aromatic carbocycles. The van der Waals surface area contributed by atoms with E-state index in [4.69, 9.17) is 16.3 Å². The molecule has 142 valence electrons. The summed E-state index contributed by atoms with van der Waals surface area (Å²) in [6, 6.07) is 7.64. The van der Waals surface area contributed by atoms with E-state index >= 15 is 0 Å². The minimum atomic E-state index is -0.337. The van der Waals surface area contributed by atoms with Gasteiger partial charge in [0, 0.05) is 22.7 Å². The monoisotopic (exact) mass is 385 g/mol. The number of fused-ring (bicyclic) bond motifs is 1. The lowest BCUT2D eigenvalue weighted by atomic mass is 9.81. The van der Waals surface area contributed by atoms with Crippen LogP contribution in [0.2, 0.25) is 5.02 Å². The first-order chi connectivity index (χ1) is 12.9. The number of carbonyl (C=O) groups is 2. The number of aromatic nitrogens is 1. The summed E-state index contributed by atoms with van der Waals surface area (Å²) in [6.45, 7) is 3.96. The number of halogens is 1. The summed E-state index contributed by atoms with van der Waals surface area (Å²) in [6.07, 6.45) is 4.25. The quantitative estimate of drug-likeness (QED) is 0.735. The molecule has 3 unspecified atom stereocenters. The summed E-state index contributed by atoms with van der Waals surface area (Å²) in [5, 5.41) is 0.684. The van der Waals surface area contributed by atoms with Crippen molar-refractivity contribution in [3.8, 4) is 0 Å². The second-order valence-corrected chi connectivity index (χ2v) is 8.35. The Hall–Kier alpha value is -2.07. The predicted molar refractivity (Wildman–Crippen MR) is 105 cm³/mol. The van der Waals surface area contributed by atoms with Crippen LogP contribution in [-0.4, -0.2) is 22.8 Å². The highest BCUT2D eigenvalue weighted by molar-refractivity contribution is 6.30. The van der Waals surface area contributed by atoms with Crippen LogP contribution in [0.5, 0.6) is 0 Å². The van der Waals surface area contributed by atoms with Crippen molar-refractivity contribution >= 4 is 23.4 Å². The van der Waals surface area contributed by atoms with Crippen molar-refractivity contribution in [1.29, 1.82) is 0 Å². The van der Waals surface area contributed by atoms with E-state index in [0.717, 1.165) is 36.1 Å². The van der Waals surface area contributed by atoms with Gasteiger partial charge in [0.15, 0.2) is 5.78 Å². The van der Waals surface area contributed by atoms with Crippen molar-refractivity contribution in [2.75, 3.05) is 0 Å². The third kappa shape index (κ3) is 3.43. The summed E-state index contributed by atoms with van der Waals surface area (Å²) < 4.78 is 5.73. The van der Waals surface area contributed by atoms with Crippen LogP contribution in [-0.2, 0) is 11.2 Å². The number of hydrogen-bond donors (Lipinski definition) is 1. The fourth-order valence-corrected chi connectivity index (χ4v) is 4.62. The number of hydrogen-bond acceptors (Lipinski definition) is 3. The van der Waals surface area contributed by atoms with E-state index in [0.29, 0.717) is 35.0 Å². The summed E-state index contributed by atoms with van der Waals surface area (Å²) in [7, 11) is 0. The number of aromatic amines is 1. The molecule has 2 aliphatic rings. The van der Waals surface area contributed by atoms with Gasteiger partial charge in [0.25, 0.3) is 0 Å². The third-order valence-corrected chi connectivity index (χ3v) is 6.33. The normalized spacial score (nSPS) is 24.7. The molecule has 0 bridgehead atoms. The molecule has 27 heavy (non-hydrogen) atoms. The van der Waals surface area contributed by atoms with Crippen LogP contribution in [0, 0.1) is 12.8 Å². The predicted octanol–water partition coefficient (Wildman–Crippen LogP) is 5.23. The van der Waals surface area contributed by atoms with Gasteiger partial charge in [-0.2, -0.15) is 0 Å². The van der Waals surface area contributed by atoms with Crippen LogP contribution in [0.4, 0.5) is 0 Å². The Kier molecular flexibility index (Phi) is 4.85. The van der Waals surface area contributed by atoms with Gasteiger partial charge in [-0.15, -0.1) is 0 Å². The summed E-state index contributed by atoms with van der Waals surface area (Å²) >= 11 is 5.97. The van der Waals surface area contributed by atoms with E-state index in [2.05, 4.69) is 11.9 Å². The van der Waals surface area contributed by atoms with Gasteiger partial charge in [-0.1, -0.05) is 30.7 Å². The van der Waals surface area contributed by atoms with Gasteiger partial charge in [-0.25, -0.2) is 4.79 Å². The van der Waals surface area contributed by atoms with Gasteiger partial charge in [-0.05, 0) is 67.7 Å². The summed E-state index contributed by atoms with van der Waals surface area (Å²) in [5.74, 6) is 0.239. The van der Waals surface area contributed by atoms with Crippen LogP contribution in [0.25, 0.3) is 0 Å². The Balaban J connectivity index is 1.58. The fraction of sp³-hybridized carbons (Fsp3) is 0.455. The first-order valence-corrected chi connectivity index (χ1v) is 10.0. The molecule has 1 N–H and O–H groups in total. The van der Waals surface area contributed by atoms with Crippen molar-refractivity contribution in [1.82, 2.24) is 4.98 Å². The minimum absolute atomic E-state index is 0.0188. The summed E-state index contributed by atoms with van der Waals surface area (Å²) in [4.78, 5) is 28.7. The Labute approximate surface area is 164 Å². The van der Waals surface area contributed by atoms with Crippen LogP contribution < -0.4 is 0 Å². The van der Waals surface area contributed by atoms with E-state index in [-0.39, 0.29) is 23.8 Å². The molecule has 4 rings (SSSR count). The first kappa shape index (κ1) is 18.3. The zero-order chi connectivity index (χ0) is 19.1. The maximum absolute atomic E-state index is 12.8. The van der Waals surface area contributed by atoms with E-state index in [9.17, 15) is 9.59 Å². The molecule has 1 heterocycles. The number of esters is 1. The molecule has 1 fully saturated rings. The van der Waals surface area contributed by atoms with Crippen LogP contribution in [0.15, 0.2) is 24.3 Å². The summed E-state index contributed by atoms with van der Waals surface area (Å²) in [5.41, 5.74) is 3.76. The average molecular weight is 386 g/mol. The molecular weight excluding hydrogens is 362 g/mol. The number of Topliss-reactive ketones (excluding diaryl/α,β-unsaturated/α-hetero) is 1. The standard InChI is InChI=1S/C22H24ClNO3/c1-12-4-3-5-19(12)27-22(26)21-13(2)20-17(24-21)10-15(11-18(20)25)14-6-8-16(23)9-7-14/h6-9,12,15,19,24H,3-5,10-11H2,1-2H3.